The van der Waals surface area contributed by atoms with Gasteiger partial charge < -0.3 is 25.4 Å². The molecule has 8 atom stereocenters. The van der Waals surface area contributed by atoms with Crippen molar-refractivity contribution in [1.82, 2.24) is 10.2 Å². The van der Waals surface area contributed by atoms with E-state index in [4.69, 9.17) is 4.74 Å². The molecule has 2 aromatic carbocycles. The predicted octanol–water partition coefficient (Wildman–Crippen LogP) is 4.40. The summed E-state index contributed by atoms with van der Waals surface area (Å²) in [5.41, 5.74) is 1.59. The lowest BCUT2D eigenvalue weighted by atomic mass is 9.70. The van der Waals surface area contributed by atoms with Gasteiger partial charge in [-0.3, -0.25) is 14.4 Å². The van der Waals surface area contributed by atoms with Gasteiger partial charge in [-0.2, -0.15) is 0 Å². The van der Waals surface area contributed by atoms with E-state index in [-0.39, 0.29) is 40.4 Å². The average molecular weight is 659 g/mol. The normalized spacial score (nSPS) is 29.2. The Bertz CT molecular complexity index is 1280. The number of aliphatic hydroxyl groups is 1. The molecule has 3 aliphatic heterocycles. The van der Waals surface area contributed by atoms with E-state index in [1.165, 1.54) is 0 Å². The van der Waals surface area contributed by atoms with Crippen molar-refractivity contribution in [2.24, 2.45) is 11.8 Å². The van der Waals surface area contributed by atoms with Crippen LogP contribution in [0.1, 0.15) is 45.6 Å². The molecular formula is C32H40BrN3O5S. The molecular weight excluding hydrogens is 618 g/mol. The minimum Gasteiger partial charge on any atom is -0.494 e. The lowest BCUT2D eigenvalue weighted by molar-refractivity contribution is -0.142. The first-order chi connectivity index (χ1) is 20.2. The number of hydrogen-bond donors (Lipinski definition) is 3. The summed E-state index contributed by atoms with van der Waals surface area (Å²) in [7, 11) is 0. The van der Waals surface area contributed by atoms with Crippen LogP contribution in [0.2, 0.25) is 0 Å². The molecule has 0 radical (unpaired) electrons. The molecule has 42 heavy (non-hydrogen) atoms. The summed E-state index contributed by atoms with van der Waals surface area (Å²) >= 11 is 5.42. The van der Waals surface area contributed by atoms with Crippen LogP contribution in [0, 0.1) is 11.8 Å². The molecule has 8 nitrogen and oxygen atoms in total. The number of fused-ring (bicyclic) bond motifs is 1. The van der Waals surface area contributed by atoms with Gasteiger partial charge in [0, 0.05) is 21.8 Å². The summed E-state index contributed by atoms with van der Waals surface area (Å²) < 4.78 is 4.74. The van der Waals surface area contributed by atoms with Crippen LogP contribution in [0.3, 0.4) is 0 Å². The first-order valence-corrected chi connectivity index (χ1v) is 16.7. The molecule has 4 unspecified atom stereocenters. The van der Waals surface area contributed by atoms with E-state index in [9.17, 15) is 19.5 Å². The van der Waals surface area contributed by atoms with Gasteiger partial charge in [0.2, 0.25) is 17.7 Å². The number of carbonyl (C=O) groups excluding carboxylic acids is 3. The first-order valence-electron chi connectivity index (χ1n) is 14.9. The quantitative estimate of drug-likeness (QED) is 0.292. The second-order valence-electron chi connectivity index (χ2n) is 11.6. The summed E-state index contributed by atoms with van der Waals surface area (Å²) in [4.78, 5) is 44.1. The number of halogens is 1. The maximum atomic E-state index is 14.5. The Morgan fingerprint density at radius 1 is 1.14 bits per heavy atom. The third-order valence-corrected chi connectivity index (χ3v) is 12.0. The molecule has 0 saturated carbocycles. The Labute approximate surface area is 260 Å². The number of thioether (sulfide) groups is 1. The molecule has 1 spiro atoms. The maximum absolute atomic E-state index is 14.5. The van der Waals surface area contributed by atoms with Gasteiger partial charge in [-0.25, -0.2) is 0 Å². The zero-order chi connectivity index (χ0) is 30.0. The number of alkyl halides is 1. The van der Waals surface area contributed by atoms with Crippen molar-refractivity contribution in [3.05, 3.63) is 60.2 Å². The first kappa shape index (κ1) is 30.9. The van der Waals surface area contributed by atoms with E-state index >= 15 is 0 Å². The van der Waals surface area contributed by atoms with Crippen LogP contribution in [0.15, 0.2) is 54.6 Å². The summed E-state index contributed by atoms with van der Waals surface area (Å²) in [5.74, 6) is -1.26. The maximum Gasteiger partial charge on any atom is 0.244 e. The summed E-state index contributed by atoms with van der Waals surface area (Å²) in [6.45, 7) is 6.22. The van der Waals surface area contributed by atoms with Crippen molar-refractivity contribution in [2.45, 2.75) is 79.4 Å². The lowest BCUT2D eigenvalue weighted by Gasteiger charge is -2.38. The number of nitrogens with one attached hydrogen (secondary N) is 2. The van der Waals surface area contributed by atoms with Crippen LogP contribution in [0.5, 0.6) is 5.75 Å². The number of aliphatic hydroxyl groups excluding tert-OH is 1. The van der Waals surface area contributed by atoms with Gasteiger partial charge in [-0.1, -0.05) is 59.6 Å². The lowest BCUT2D eigenvalue weighted by Crippen LogP contribution is -2.58. The molecule has 2 bridgehead atoms. The number of likely N-dealkylation sites (tertiary alicyclic amines) is 1. The van der Waals surface area contributed by atoms with Crippen molar-refractivity contribution in [1.29, 1.82) is 0 Å². The standard InChI is InChI=1S/C32H40BrN3O5S/c1-4-9-19(3)34-30(39)28-32-17-24(33)27(42-32)25(29(38)35-21-12-14-23(15-13-21)41-5-2)26(32)31(40)36(28)22(18-37)16-20-10-7-6-8-11-20/h6-8,10-15,19,22,24-28,37H,4-5,9,16-18H2,1-3H3,(H,34,39)(H,35,38)/t19?,22-,24?,25-,26+,27-,28?,32?/m1/s1. The fourth-order valence-corrected chi connectivity index (χ4v) is 10.7. The fourth-order valence-electron chi connectivity index (χ4n) is 7.05. The van der Waals surface area contributed by atoms with Crippen molar-refractivity contribution in [2.75, 3.05) is 18.5 Å². The van der Waals surface area contributed by atoms with E-state index in [2.05, 4.69) is 33.5 Å². The Kier molecular flexibility index (Phi) is 9.54. The highest BCUT2D eigenvalue weighted by molar-refractivity contribution is 9.09. The number of carbonyl (C=O) groups is 3. The molecule has 10 heteroatoms. The molecule has 3 saturated heterocycles. The van der Waals surface area contributed by atoms with Crippen molar-refractivity contribution >= 4 is 51.1 Å². The molecule has 226 valence electrons. The van der Waals surface area contributed by atoms with E-state index in [1.807, 2.05) is 44.2 Å². The molecule has 5 rings (SSSR count). The van der Waals surface area contributed by atoms with Crippen LogP contribution in [-0.4, -0.2) is 73.9 Å². The Balaban J connectivity index is 1.49. The number of ether oxygens (including phenoxy) is 1. The fraction of sp³-hybridized carbons (Fsp3) is 0.531. The molecule has 3 heterocycles. The predicted molar refractivity (Wildman–Crippen MR) is 169 cm³/mol. The van der Waals surface area contributed by atoms with Crippen molar-refractivity contribution < 1.29 is 24.2 Å². The highest BCUT2D eigenvalue weighted by Crippen LogP contribution is 2.68. The number of anilines is 1. The van der Waals surface area contributed by atoms with Gasteiger partial charge in [-0.15, -0.1) is 11.8 Å². The molecule has 3 amide bonds. The van der Waals surface area contributed by atoms with Gasteiger partial charge in [0.1, 0.15) is 11.8 Å². The van der Waals surface area contributed by atoms with E-state index in [0.29, 0.717) is 30.9 Å². The molecule has 3 aliphatic rings. The van der Waals surface area contributed by atoms with Gasteiger partial charge >= 0.3 is 0 Å². The average Bonchev–Trinajstić information content (AvgIpc) is 3.57. The summed E-state index contributed by atoms with van der Waals surface area (Å²) in [6, 6.07) is 15.4. The number of benzene rings is 2. The van der Waals surface area contributed by atoms with Gasteiger partial charge in [0.25, 0.3) is 0 Å². The summed E-state index contributed by atoms with van der Waals surface area (Å²) in [5, 5.41) is 16.6. The Morgan fingerprint density at radius 3 is 2.50 bits per heavy atom. The van der Waals surface area contributed by atoms with Gasteiger partial charge in [0.05, 0.1) is 35.8 Å². The molecule has 3 fully saturated rings. The van der Waals surface area contributed by atoms with Crippen LogP contribution < -0.4 is 15.4 Å². The highest BCUT2D eigenvalue weighted by Gasteiger charge is 2.76. The van der Waals surface area contributed by atoms with Crippen LogP contribution in [-0.2, 0) is 20.8 Å². The van der Waals surface area contributed by atoms with Crippen LogP contribution in [0.25, 0.3) is 0 Å². The zero-order valence-corrected chi connectivity index (χ0v) is 26.7. The minimum atomic E-state index is -0.798. The van der Waals surface area contributed by atoms with E-state index < -0.39 is 28.7 Å². The SMILES string of the molecule is CCCC(C)NC(=O)C1N([C@@H](CO)Cc2ccccc2)C(=O)[C@@H]2[C@@H](C(=O)Nc3ccc(OCC)cc3)[C@@H]3SC12CC3Br. The molecule has 3 N–H and O–H groups in total. The largest absolute Gasteiger partial charge is 0.494 e. The smallest absolute Gasteiger partial charge is 0.244 e. The molecule has 0 aromatic heterocycles. The van der Waals surface area contributed by atoms with Crippen molar-refractivity contribution in [3.63, 3.8) is 0 Å². The molecule has 0 aliphatic carbocycles. The minimum absolute atomic E-state index is 0.0346. The highest BCUT2D eigenvalue weighted by atomic mass is 79.9. The number of nitrogens with zero attached hydrogens (tertiary/aromatic N) is 1. The zero-order valence-electron chi connectivity index (χ0n) is 24.3. The van der Waals surface area contributed by atoms with E-state index in [0.717, 1.165) is 18.4 Å². The van der Waals surface area contributed by atoms with Gasteiger partial charge in [0.15, 0.2) is 0 Å². The Hall–Kier alpha value is -2.56. The molecule has 2 aromatic rings. The second kappa shape index (κ2) is 13.0. The topological polar surface area (TPSA) is 108 Å². The summed E-state index contributed by atoms with van der Waals surface area (Å²) in [6.07, 6.45) is 2.74. The van der Waals surface area contributed by atoms with Gasteiger partial charge in [-0.05, 0) is 62.9 Å². The Morgan fingerprint density at radius 2 is 1.86 bits per heavy atom. The third-order valence-electron chi connectivity index (χ3n) is 8.74. The number of amides is 3. The van der Waals surface area contributed by atoms with E-state index in [1.54, 1.807) is 40.9 Å². The van der Waals surface area contributed by atoms with Crippen molar-refractivity contribution in [3.8, 4) is 5.75 Å². The number of rotatable bonds is 12. The van der Waals surface area contributed by atoms with Crippen LogP contribution in [0.4, 0.5) is 5.69 Å². The second-order valence-corrected chi connectivity index (χ2v) is 14.3. The third kappa shape index (κ3) is 5.69. The monoisotopic (exact) mass is 657 g/mol. The number of hydrogen-bond acceptors (Lipinski definition) is 6. The van der Waals surface area contributed by atoms with Crippen LogP contribution >= 0.6 is 27.7 Å².